The molecular formula is C14H19ClN4O. The summed E-state index contributed by atoms with van der Waals surface area (Å²) in [6.07, 6.45) is 1.73. The van der Waals surface area contributed by atoms with Gasteiger partial charge in [-0.15, -0.1) is 11.6 Å². The zero-order chi connectivity index (χ0) is 14.9. The molecule has 6 heteroatoms. The zero-order valence-electron chi connectivity index (χ0n) is 12.2. The van der Waals surface area contributed by atoms with Gasteiger partial charge < -0.3 is 9.47 Å². The molecule has 1 unspecified atom stereocenters. The van der Waals surface area contributed by atoms with Gasteiger partial charge in [0.25, 0.3) is 0 Å². The SMILES string of the molecule is CCN(C)C(=O)Cn1c(C(C)Cl)nc2c(C)ccnc21. The van der Waals surface area contributed by atoms with E-state index in [-0.39, 0.29) is 17.8 Å². The number of amides is 1. The Morgan fingerprint density at radius 1 is 1.55 bits per heavy atom. The first-order chi connectivity index (χ1) is 9.45. The normalized spacial score (nSPS) is 12.7. The third-order valence-corrected chi connectivity index (χ3v) is 3.61. The number of aromatic nitrogens is 3. The molecule has 20 heavy (non-hydrogen) atoms. The molecule has 0 spiro atoms. The van der Waals surface area contributed by atoms with Crippen molar-refractivity contribution in [1.82, 2.24) is 19.4 Å². The van der Waals surface area contributed by atoms with Crippen molar-refractivity contribution in [3.63, 3.8) is 0 Å². The lowest BCUT2D eigenvalue weighted by molar-refractivity contribution is -0.130. The van der Waals surface area contributed by atoms with E-state index in [1.54, 1.807) is 18.1 Å². The minimum absolute atomic E-state index is 0.0219. The third-order valence-electron chi connectivity index (χ3n) is 3.41. The number of imidazole rings is 1. The standard InChI is InChI=1S/C14H19ClN4O/c1-5-18(4)11(20)8-19-13(10(3)15)17-12-9(2)6-7-16-14(12)19/h6-7,10H,5,8H2,1-4H3. The zero-order valence-corrected chi connectivity index (χ0v) is 13.0. The van der Waals surface area contributed by atoms with Crippen LogP contribution >= 0.6 is 11.6 Å². The van der Waals surface area contributed by atoms with Gasteiger partial charge in [0.15, 0.2) is 5.65 Å². The Kier molecular flexibility index (Phi) is 4.28. The molecule has 1 atom stereocenters. The van der Waals surface area contributed by atoms with E-state index in [2.05, 4.69) is 9.97 Å². The molecule has 1 amide bonds. The lowest BCUT2D eigenvalue weighted by atomic mass is 10.3. The van der Waals surface area contributed by atoms with E-state index in [9.17, 15) is 4.79 Å². The monoisotopic (exact) mass is 294 g/mol. The predicted molar refractivity (Wildman–Crippen MR) is 79.8 cm³/mol. The van der Waals surface area contributed by atoms with Crippen LogP contribution in [0.5, 0.6) is 0 Å². The van der Waals surface area contributed by atoms with Crippen molar-refractivity contribution in [3.05, 3.63) is 23.7 Å². The molecule has 2 heterocycles. The van der Waals surface area contributed by atoms with E-state index in [1.807, 2.05) is 31.4 Å². The maximum Gasteiger partial charge on any atom is 0.242 e. The highest BCUT2D eigenvalue weighted by Crippen LogP contribution is 2.25. The molecule has 2 aromatic rings. The van der Waals surface area contributed by atoms with E-state index in [1.165, 1.54) is 0 Å². The van der Waals surface area contributed by atoms with Crippen molar-refractivity contribution in [3.8, 4) is 0 Å². The number of aryl methyl sites for hydroxylation is 1. The van der Waals surface area contributed by atoms with Gasteiger partial charge in [-0.2, -0.15) is 0 Å². The smallest absolute Gasteiger partial charge is 0.242 e. The minimum Gasteiger partial charge on any atom is -0.344 e. The molecule has 2 rings (SSSR count). The van der Waals surface area contributed by atoms with Gasteiger partial charge in [0.2, 0.25) is 5.91 Å². The topological polar surface area (TPSA) is 51.0 Å². The van der Waals surface area contributed by atoms with E-state index in [4.69, 9.17) is 11.6 Å². The van der Waals surface area contributed by atoms with Gasteiger partial charge in [-0.25, -0.2) is 9.97 Å². The summed E-state index contributed by atoms with van der Waals surface area (Å²) in [5.74, 6) is 0.704. The quantitative estimate of drug-likeness (QED) is 0.814. The Morgan fingerprint density at radius 2 is 2.25 bits per heavy atom. The molecule has 108 valence electrons. The second-order valence-electron chi connectivity index (χ2n) is 4.88. The van der Waals surface area contributed by atoms with Crippen molar-refractivity contribution in [2.24, 2.45) is 0 Å². The average Bonchev–Trinajstić information content (AvgIpc) is 2.78. The number of fused-ring (bicyclic) bond motifs is 1. The van der Waals surface area contributed by atoms with E-state index in [0.717, 1.165) is 11.1 Å². The number of pyridine rings is 1. The highest BCUT2D eigenvalue weighted by molar-refractivity contribution is 6.20. The second-order valence-corrected chi connectivity index (χ2v) is 5.53. The molecule has 0 fully saturated rings. The molecule has 2 aromatic heterocycles. The molecule has 0 aliphatic rings. The highest BCUT2D eigenvalue weighted by atomic mass is 35.5. The number of likely N-dealkylation sites (N-methyl/N-ethyl adjacent to an activating group) is 1. The van der Waals surface area contributed by atoms with Crippen LogP contribution in [-0.2, 0) is 11.3 Å². The van der Waals surface area contributed by atoms with Gasteiger partial charge >= 0.3 is 0 Å². The number of halogens is 1. The summed E-state index contributed by atoms with van der Waals surface area (Å²) in [4.78, 5) is 22.7. The molecule has 0 saturated carbocycles. The fourth-order valence-corrected chi connectivity index (χ4v) is 2.21. The summed E-state index contributed by atoms with van der Waals surface area (Å²) >= 11 is 6.19. The van der Waals surface area contributed by atoms with Gasteiger partial charge in [-0.05, 0) is 32.4 Å². The van der Waals surface area contributed by atoms with Crippen molar-refractivity contribution >= 4 is 28.7 Å². The van der Waals surface area contributed by atoms with Crippen molar-refractivity contribution in [2.75, 3.05) is 13.6 Å². The van der Waals surface area contributed by atoms with E-state index in [0.29, 0.717) is 18.0 Å². The first-order valence-corrected chi connectivity index (χ1v) is 7.09. The number of carbonyl (C=O) groups is 1. The summed E-state index contributed by atoms with van der Waals surface area (Å²) in [6.45, 7) is 6.65. The number of alkyl halides is 1. The number of hydrogen-bond acceptors (Lipinski definition) is 3. The number of nitrogens with zero attached hydrogens (tertiary/aromatic N) is 4. The number of hydrogen-bond donors (Lipinski definition) is 0. The average molecular weight is 295 g/mol. The summed E-state index contributed by atoms with van der Waals surface area (Å²) in [5, 5.41) is -0.275. The Labute approximate surface area is 123 Å². The van der Waals surface area contributed by atoms with Crippen LogP contribution in [0.2, 0.25) is 0 Å². The fraction of sp³-hybridized carbons (Fsp3) is 0.500. The van der Waals surface area contributed by atoms with E-state index >= 15 is 0 Å². The summed E-state index contributed by atoms with van der Waals surface area (Å²) in [7, 11) is 1.78. The van der Waals surface area contributed by atoms with Crippen LogP contribution in [0, 0.1) is 6.92 Å². The van der Waals surface area contributed by atoms with Gasteiger partial charge in [-0.1, -0.05) is 0 Å². The van der Waals surface area contributed by atoms with Crippen LogP contribution in [0.15, 0.2) is 12.3 Å². The Bertz CT molecular complexity index is 635. The van der Waals surface area contributed by atoms with Gasteiger partial charge in [-0.3, -0.25) is 4.79 Å². The summed E-state index contributed by atoms with van der Waals surface area (Å²) in [6, 6.07) is 1.91. The van der Waals surface area contributed by atoms with Crippen LogP contribution in [0.1, 0.15) is 30.6 Å². The maximum atomic E-state index is 12.2. The second kappa shape index (κ2) is 5.79. The molecule has 0 saturated heterocycles. The number of rotatable bonds is 4. The molecule has 5 nitrogen and oxygen atoms in total. The first kappa shape index (κ1) is 14.8. The Morgan fingerprint density at radius 3 is 2.85 bits per heavy atom. The number of carbonyl (C=O) groups excluding carboxylic acids is 1. The van der Waals surface area contributed by atoms with Crippen LogP contribution in [0.25, 0.3) is 11.2 Å². The lowest BCUT2D eigenvalue weighted by Crippen LogP contribution is -2.30. The van der Waals surface area contributed by atoms with E-state index < -0.39 is 0 Å². The molecule has 0 aliphatic carbocycles. The largest absolute Gasteiger partial charge is 0.344 e. The van der Waals surface area contributed by atoms with Crippen molar-refractivity contribution in [2.45, 2.75) is 32.7 Å². The first-order valence-electron chi connectivity index (χ1n) is 6.65. The van der Waals surface area contributed by atoms with Crippen molar-refractivity contribution in [1.29, 1.82) is 0 Å². The van der Waals surface area contributed by atoms with Gasteiger partial charge in [0, 0.05) is 19.8 Å². The Balaban J connectivity index is 2.52. The summed E-state index contributed by atoms with van der Waals surface area (Å²) in [5.41, 5.74) is 2.55. The molecule has 0 aromatic carbocycles. The highest BCUT2D eigenvalue weighted by Gasteiger charge is 2.19. The predicted octanol–water partition coefficient (Wildman–Crippen LogP) is 2.52. The van der Waals surface area contributed by atoms with Crippen LogP contribution in [-0.4, -0.2) is 38.9 Å². The van der Waals surface area contributed by atoms with Crippen LogP contribution in [0.4, 0.5) is 0 Å². The van der Waals surface area contributed by atoms with Gasteiger partial charge in [0.1, 0.15) is 17.9 Å². The fourth-order valence-electron chi connectivity index (χ4n) is 2.05. The third kappa shape index (κ3) is 2.63. The van der Waals surface area contributed by atoms with Crippen molar-refractivity contribution < 1.29 is 4.79 Å². The van der Waals surface area contributed by atoms with Gasteiger partial charge in [0.05, 0.1) is 5.38 Å². The van der Waals surface area contributed by atoms with Crippen LogP contribution < -0.4 is 0 Å². The minimum atomic E-state index is -0.275. The molecule has 0 N–H and O–H groups in total. The van der Waals surface area contributed by atoms with Crippen LogP contribution in [0.3, 0.4) is 0 Å². The summed E-state index contributed by atoms with van der Waals surface area (Å²) < 4.78 is 1.81. The Hall–Kier alpha value is -1.62. The molecule has 0 bridgehead atoms. The molecule has 0 radical (unpaired) electrons. The molecular weight excluding hydrogens is 276 g/mol. The lowest BCUT2D eigenvalue weighted by Gasteiger charge is -2.16. The molecule has 0 aliphatic heterocycles. The maximum absolute atomic E-state index is 12.2.